The topological polar surface area (TPSA) is 34.1 Å². The first-order chi connectivity index (χ1) is 9.36. The zero-order valence-corrected chi connectivity index (χ0v) is 12.9. The van der Waals surface area contributed by atoms with Crippen LogP contribution in [0.5, 0.6) is 0 Å². The van der Waals surface area contributed by atoms with Gasteiger partial charge in [0.1, 0.15) is 0 Å². The van der Waals surface area contributed by atoms with Gasteiger partial charge in [-0.2, -0.15) is 0 Å². The van der Waals surface area contributed by atoms with Gasteiger partial charge in [-0.3, -0.25) is 0 Å². The molecule has 0 aliphatic rings. The van der Waals surface area contributed by atoms with E-state index in [4.69, 9.17) is 11.6 Å². The van der Waals surface area contributed by atoms with Crippen LogP contribution in [-0.4, -0.2) is 14.7 Å². The first-order valence-electron chi connectivity index (χ1n) is 6.10. The second kappa shape index (κ2) is 5.81. The van der Waals surface area contributed by atoms with Gasteiger partial charge >= 0.3 is 0 Å². The van der Waals surface area contributed by atoms with E-state index in [1.54, 1.807) is 24.3 Å². The van der Waals surface area contributed by atoms with Crippen LogP contribution >= 0.6 is 11.6 Å². The van der Waals surface area contributed by atoms with E-state index in [2.05, 4.69) is 0 Å². The smallest absolute Gasteiger partial charge is 0.175 e. The Bertz CT molecular complexity index is 745. The van der Waals surface area contributed by atoms with Gasteiger partial charge in [-0.05, 0) is 41.8 Å². The molecule has 0 amide bonds. The summed E-state index contributed by atoms with van der Waals surface area (Å²) < 4.78 is 22.7. The molecule has 0 bridgehead atoms. The van der Waals surface area contributed by atoms with Crippen molar-refractivity contribution in [1.82, 2.24) is 0 Å². The molecule has 104 valence electrons. The molecule has 0 N–H and O–H groups in total. The van der Waals surface area contributed by atoms with Crippen LogP contribution in [0.2, 0.25) is 5.02 Å². The van der Waals surface area contributed by atoms with E-state index in [9.17, 15) is 8.42 Å². The van der Waals surface area contributed by atoms with Crippen LogP contribution in [0, 0.1) is 6.92 Å². The monoisotopic (exact) mass is 306 g/mol. The Balaban J connectivity index is 2.21. The molecule has 0 saturated heterocycles. The van der Waals surface area contributed by atoms with E-state index in [0.29, 0.717) is 4.90 Å². The summed E-state index contributed by atoms with van der Waals surface area (Å²) in [7, 11) is -3.14. The second-order valence-electron chi connectivity index (χ2n) is 4.68. The lowest BCUT2D eigenvalue weighted by atomic mass is 10.1. The lowest BCUT2D eigenvalue weighted by molar-refractivity contribution is 0.602. The fourth-order valence-corrected chi connectivity index (χ4v) is 2.55. The van der Waals surface area contributed by atoms with Gasteiger partial charge in [0.25, 0.3) is 0 Å². The highest BCUT2D eigenvalue weighted by atomic mass is 35.5. The fourth-order valence-electron chi connectivity index (χ4n) is 1.73. The van der Waals surface area contributed by atoms with Crippen LogP contribution in [0.3, 0.4) is 0 Å². The van der Waals surface area contributed by atoms with Gasteiger partial charge in [0.15, 0.2) is 9.84 Å². The predicted molar refractivity (Wildman–Crippen MR) is 84.7 cm³/mol. The largest absolute Gasteiger partial charge is 0.224 e. The third kappa shape index (κ3) is 3.71. The molecule has 0 fully saturated rings. The van der Waals surface area contributed by atoms with Gasteiger partial charge in [0, 0.05) is 11.3 Å². The number of sulfone groups is 1. The third-order valence-electron chi connectivity index (χ3n) is 2.97. The van der Waals surface area contributed by atoms with Crippen LogP contribution in [0.25, 0.3) is 12.2 Å². The molecule has 0 radical (unpaired) electrons. The van der Waals surface area contributed by atoms with Crippen molar-refractivity contribution in [2.75, 3.05) is 6.26 Å². The van der Waals surface area contributed by atoms with E-state index in [0.717, 1.165) is 21.7 Å². The minimum atomic E-state index is -3.14. The van der Waals surface area contributed by atoms with Gasteiger partial charge in [-0.15, -0.1) is 0 Å². The van der Waals surface area contributed by atoms with E-state index in [1.807, 2.05) is 37.3 Å². The molecular weight excluding hydrogens is 292 g/mol. The van der Waals surface area contributed by atoms with Gasteiger partial charge in [-0.1, -0.05) is 48.0 Å². The molecule has 0 heterocycles. The van der Waals surface area contributed by atoms with Gasteiger partial charge < -0.3 is 0 Å². The van der Waals surface area contributed by atoms with Crippen molar-refractivity contribution in [3.63, 3.8) is 0 Å². The lowest BCUT2D eigenvalue weighted by Gasteiger charge is -2.00. The van der Waals surface area contributed by atoms with Crippen molar-refractivity contribution >= 4 is 33.6 Å². The summed E-state index contributed by atoms with van der Waals surface area (Å²) in [5.41, 5.74) is 2.99. The summed E-state index contributed by atoms with van der Waals surface area (Å²) in [5.74, 6) is 0. The number of hydrogen-bond donors (Lipinski definition) is 0. The third-order valence-corrected chi connectivity index (χ3v) is 4.51. The summed E-state index contributed by atoms with van der Waals surface area (Å²) >= 11 is 6.07. The standard InChI is InChI=1S/C16H15ClO2S/c1-12-3-4-14(11-16(12)17)6-5-13-7-9-15(10-8-13)20(2,18)19/h3-11H,1-2H3/b6-5+. The summed E-state index contributed by atoms with van der Waals surface area (Å²) in [5, 5.41) is 0.736. The number of rotatable bonds is 3. The first kappa shape index (κ1) is 14.8. The maximum Gasteiger partial charge on any atom is 0.175 e. The Morgan fingerprint density at radius 2 is 1.50 bits per heavy atom. The van der Waals surface area contributed by atoms with Crippen molar-refractivity contribution in [2.24, 2.45) is 0 Å². The second-order valence-corrected chi connectivity index (χ2v) is 7.11. The average molecular weight is 307 g/mol. The van der Waals surface area contributed by atoms with Gasteiger partial charge in [0.05, 0.1) is 4.90 Å². The molecule has 0 aliphatic heterocycles. The molecule has 0 aliphatic carbocycles. The zero-order valence-electron chi connectivity index (χ0n) is 11.3. The van der Waals surface area contributed by atoms with Gasteiger partial charge in [0.2, 0.25) is 0 Å². The maximum atomic E-state index is 11.4. The highest BCUT2D eigenvalue weighted by Gasteiger charge is 2.05. The minimum Gasteiger partial charge on any atom is -0.224 e. The van der Waals surface area contributed by atoms with Crippen molar-refractivity contribution < 1.29 is 8.42 Å². The Morgan fingerprint density at radius 3 is 2.05 bits per heavy atom. The summed E-state index contributed by atoms with van der Waals surface area (Å²) in [6, 6.07) is 12.6. The fraction of sp³-hybridized carbons (Fsp3) is 0.125. The molecule has 2 aromatic rings. The van der Waals surface area contributed by atoms with E-state index < -0.39 is 9.84 Å². The normalized spacial score (nSPS) is 11.9. The van der Waals surface area contributed by atoms with Crippen LogP contribution < -0.4 is 0 Å². The van der Waals surface area contributed by atoms with Crippen molar-refractivity contribution in [3.05, 3.63) is 64.2 Å². The zero-order chi connectivity index (χ0) is 14.8. The highest BCUT2D eigenvalue weighted by molar-refractivity contribution is 7.90. The number of hydrogen-bond acceptors (Lipinski definition) is 2. The first-order valence-corrected chi connectivity index (χ1v) is 8.37. The molecule has 0 aromatic heterocycles. The molecule has 2 aromatic carbocycles. The molecule has 0 unspecified atom stereocenters. The Labute approximate surface area is 124 Å². The summed E-state index contributed by atoms with van der Waals surface area (Å²) in [6.45, 7) is 1.96. The van der Waals surface area contributed by atoms with E-state index in [1.165, 1.54) is 6.26 Å². The molecule has 0 spiro atoms. The predicted octanol–water partition coefficient (Wildman–Crippen LogP) is 4.22. The Hall–Kier alpha value is -1.58. The van der Waals surface area contributed by atoms with Crippen LogP contribution in [-0.2, 0) is 9.84 Å². The van der Waals surface area contributed by atoms with Crippen LogP contribution in [0.4, 0.5) is 0 Å². The SMILES string of the molecule is Cc1ccc(/C=C/c2ccc(S(C)(=O)=O)cc2)cc1Cl. The van der Waals surface area contributed by atoms with E-state index >= 15 is 0 Å². The molecule has 2 nitrogen and oxygen atoms in total. The number of halogens is 1. The summed E-state index contributed by atoms with van der Waals surface area (Å²) in [4.78, 5) is 0.327. The molecular formula is C16H15ClO2S. The van der Waals surface area contributed by atoms with Crippen molar-refractivity contribution in [2.45, 2.75) is 11.8 Å². The number of aryl methyl sites for hydroxylation is 1. The van der Waals surface area contributed by atoms with Crippen molar-refractivity contribution in [3.8, 4) is 0 Å². The Kier molecular flexibility index (Phi) is 4.31. The molecule has 20 heavy (non-hydrogen) atoms. The van der Waals surface area contributed by atoms with Crippen molar-refractivity contribution in [1.29, 1.82) is 0 Å². The van der Waals surface area contributed by atoms with E-state index in [-0.39, 0.29) is 0 Å². The van der Waals surface area contributed by atoms with Crippen LogP contribution in [0.15, 0.2) is 47.4 Å². The Morgan fingerprint density at radius 1 is 0.950 bits per heavy atom. The van der Waals surface area contributed by atoms with Crippen LogP contribution in [0.1, 0.15) is 16.7 Å². The number of benzene rings is 2. The molecule has 0 atom stereocenters. The quantitative estimate of drug-likeness (QED) is 0.796. The highest BCUT2D eigenvalue weighted by Crippen LogP contribution is 2.19. The molecule has 0 saturated carbocycles. The summed E-state index contributed by atoms with van der Waals surface area (Å²) in [6.07, 6.45) is 5.07. The average Bonchev–Trinajstić information content (AvgIpc) is 2.40. The molecule has 2 rings (SSSR count). The van der Waals surface area contributed by atoms with Gasteiger partial charge in [-0.25, -0.2) is 8.42 Å². The molecule has 4 heteroatoms. The minimum absolute atomic E-state index is 0.327. The maximum absolute atomic E-state index is 11.4. The lowest BCUT2D eigenvalue weighted by Crippen LogP contribution is -1.95.